The van der Waals surface area contributed by atoms with Crippen LogP contribution >= 0.6 is 0 Å². The standard InChI is InChI=1S/C17H16N4/c1-16(13-4-5-13)7-12-2-3-14(6-12)17(10-19,11-20)15(8-18)9-21-16/h6,13-14H,2-5,7H2,1H3. The van der Waals surface area contributed by atoms with Gasteiger partial charge in [-0.05, 0) is 50.8 Å². The van der Waals surface area contributed by atoms with Crippen molar-refractivity contribution in [2.75, 3.05) is 0 Å². The summed E-state index contributed by atoms with van der Waals surface area (Å²) in [7, 11) is 0. The van der Waals surface area contributed by atoms with Gasteiger partial charge in [0.25, 0.3) is 0 Å². The molecule has 0 aromatic heterocycles. The second-order valence-electron chi connectivity index (χ2n) is 6.52. The predicted molar refractivity (Wildman–Crippen MR) is 76.8 cm³/mol. The molecule has 2 bridgehead atoms. The zero-order chi connectivity index (χ0) is 15.1. The molecular formula is C17H16N4. The van der Waals surface area contributed by atoms with E-state index in [4.69, 9.17) is 0 Å². The van der Waals surface area contributed by atoms with E-state index in [9.17, 15) is 15.8 Å². The molecule has 0 amide bonds. The van der Waals surface area contributed by atoms with Crippen LogP contribution in [0.15, 0.2) is 22.2 Å². The summed E-state index contributed by atoms with van der Waals surface area (Å²) in [6, 6.07) is 6.16. The van der Waals surface area contributed by atoms with Crippen molar-refractivity contribution in [1.29, 1.82) is 15.8 Å². The third kappa shape index (κ3) is 1.99. The van der Waals surface area contributed by atoms with E-state index in [0.717, 1.165) is 32.1 Å². The number of aliphatic imine (C=N–C) groups is 1. The molecule has 0 aromatic carbocycles. The number of fused-ring (bicyclic) bond motifs is 1. The van der Waals surface area contributed by atoms with Crippen LogP contribution in [0.4, 0.5) is 0 Å². The number of allylic oxidation sites excluding steroid dienone is 2. The molecule has 0 spiro atoms. The third-order valence-corrected chi connectivity index (χ3v) is 5.09. The first kappa shape index (κ1) is 13.6. The summed E-state index contributed by atoms with van der Waals surface area (Å²) < 4.78 is 0. The summed E-state index contributed by atoms with van der Waals surface area (Å²) in [5, 5.41) is 28.6. The van der Waals surface area contributed by atoms with E-state index in [1.54, 1.807) is 0 Å². The molecule has 0 aromatic rings. The Morgan fingerprint density at radius 1 is 1.24 bits per heavy atom. The van der Waals surface area contributed by atoms with Gasteiger partial charge in [-0.25, -0.2) is 4.99 Å². The normalized spacial score (nSPS) is 33.3. The Balaban J connectivity index is 2.21. The van der Waals surface area contributed by atoms with Gasteiger partial charge in [-0.1, -0.05) is 11.6 Å². The minimum atomic E-state index is -1.44. The first-order valence-electron chi connectivity index (χ1n) is 7.35. The molecule has 1 fully saturated rings. The summed E-state index contributed by atoms with van der Waals surface area (Å²) in [6.07, 6.45) is 6.86. The van der Waals surface area contributed by atoms with Crippen LogP contribution in [0.5, 0.6) is 0 Å². The number of nitriles is 3. The smallest absolute Gasteiger partial charge is 0.193 e. The van der Waals surface area contributed by atoms with Gasteiger partial charge in [-0.15, -0.1) is 0 Å². The van der Waals surface area contributed by atoms with Crippen LogP contribution in [0.25, 0.3) is 0 Å². The maximum atomic E-state index is 9.57. The SMILES string of the molecule is CC1(C2CC2)CC2=CC(CC2)C(C#N)(C#N)C(C#N)=C=N1. The second kappa shape index (κ2) is 4.60. The lowest BCUT2D eigenvalue weighted by Gasteiger charge is -2.25. The predicted octanol–water partition coefficient (Wildman–Crippen LogP) is 3.05. The van der Waals surface area contributed by atoms with Crippen LogP contribution in [-0.4, -0.2) is 11.4 Å². The largest absolute Gasteiger partial charge is 0.235 e. The zero-order valence-electron chi connectivity index (χ0n) is 12.1. The van der Waals surface area contributed by atoms with Gasteiger partial charge in [-0.2, -0.15) is 15.8 Å². The minimum absolute atomic E-state index is 0.0729. The van der Waals surface area contributed by atoms with E-state index in [1.165, 1.54) is 5.57 Å². The van der Waals surface area contributed by atoms with Crippen molar-refractivity contribution in [1.82, 2.24) is 0 Å². The Hall–Kier alpha value is -2.34. The molecule has 1 saturated carbocycles. The van der Waals surface area contributed by atoms with Gasteiger partial charge < -0.3 is 0 Å². The molecule has 0 saturated heterocycles. The van der Waals surface area contributed by atoms with Crippen LogP contribution in [0.3, 0.4) is 0 Å². The molecule has 3 rings (SSSR count). The van der Waals surface area contributed by atoms with E-state index >= 15 is 0 Å². The number of rotatable bonds is 1. The highest BCUT2D eigenvalue weighted by molar-refractivity contribution is 5.70. The van der Waals surface area contributed by atoms with Gasteiger partial charge >= 0.3 is 0 Å². The summed E-state index contributed by atoms with van der Waals surface area (Å²) in [5.41, 5.74) is -0.337. The average molecular weight is 276 g/mol. The maximum absolute atomic E-state index is 9.57. The Morgan fingerprint density at radius 3 is 2.52 bits per heavy atom. The number of nitrogens with zero attached hydrogens (tertiary/aromatic N) is 4. The minimum Gasteiger partial charge on any atom is -0.235 e. The van der Waals surface area contributed by atoms with Crippen LogP contribution < -0.4 is 0 Å². The Morgan fingerprint density at radius 2 is 1.95 bits per heavy atom. The summed E-state index contributed by atoms with van der Waals surface area (Å²) in [4.78, 5) is 4.55. The fraction of sp³-hybridized carbons (Fsp3) is 0.588. The van der Waals surface area contributed by atoms with Gasteiger partial charge in [-0.3, -0.25) is 0 Å². The molecule has 2 aliphatic carbocycles. The van der Waals surface area contributed by atoms with Gasteiger partial charge in [0.15, 0.2) is 5.41 Å². The van der Waals surface area contributed by atoms with Crippen molar-refractivity contribution < 1.29 is 0 Å². The van der Waals surface area contributed by atoms with Crippen LogP contribution in [0.1, 0.15) is 39.0 Å². The van der Waals surface area contributed by atoms with Crippen LogP contribution in [0.2, 0.25) is 0 Å². The van der Waals surface area contributed by atoms with Crippen molar-refractivity contribution in [2.24, 2.45) is 22.2 Å². The zero-order valence-corrected chi connectivity index (χ0v) is 12.1. The van der Waals surface area contributed by atoms with Crippen LogP contribution in [0, 0.1) is 51.2 Å². The topological polar surface area (TPSA) is 83.7 Å². The van der Waals surface area contributed by atoms with Crippen molar-refractivity contribution in [3.63, 3.8) is 0 Å². The van der Waals surface area contributed by atoms with Crippen molar-refractivity contribution in [3.8, 4) is 18.2 Å². The molecule has 104 valence electrons. The van der Waals surface area contributed by atoms with Gasteiger partial charge in [0.2, 0.25) is 0 Å². The van der Waals surface area contributed by atoms with Gasteiger partial charge in [0.1, 0.15) is 11.6 Å². The highest BCUT2D eigenvalue weighted by Crippen LogP contribution is 2.49. The van der Waals surface area contributed by atoms with E-state index in [0.29, 0.717) is 5.92 Å². The third-order valence-electron chi connectivity index (χ3n) is 5.09. The molecule has 21 heavy (non-hydrogen) atoms. The fourth-order valence-electron chi connectivity index (χ4n) is 3.59. The number of hydrogen-bond donors (Lipinski definition) is 0. The monoisotopic (exact) mass is 276 g/mol. The van der Waals surface area contributed by atoms with E-state index in [2.05, 4.69) is 29.9 Å². The van der Waals surface area contributed by atoms with Gasteiger partial charge in [0.05, 0.1) is 17.7 Å². The Bertz CT molecular complexity index is 685. The highest BCUT2D eigenvalue weighted by atomic mass is 14.9. The van der Waals surface area contributed by atoms with E-state index in [1.807, 2.05) is 12.1 Å². The lowest BCUT2D eigenvalue weighted by atomic mass is 9.72. The second-order valence-corrected chi connectivity index (χ2v) is 6.52. The number of hydrogen-bond acceptors (Lipinski definition) is 4. The molecule has 1 heterocycles. The van der Waals surface area contributed by atoms with E-state index < -0.39 is 5.41 Å². The molecular weight excluding hydrogens is 260 g/mol. The molecule has 2 unspecified atom stereocenters. The molecule has 2 atom stereocenters. The molecule has 4 nitrogen and oxygen atoms in total. The summed E-state index contributed by atoms with van der Waals surface area (Å²) >= 11 is 0. The molecule has 0 N–H and O–H groups in total. The Labute approximate surface area is 124 Å². The summed E-state index contributed by atoms with van der Waals surface area (Å²) in [6.45, 7) is 2.10. The highest BCUT2D eigenvalue weighted by Gasteiger charge is 2.48. The maximum Gasteiger partial charge on any atom is 0.193 e. The molecule has 3 aliphatic rings. The average Bonchev–Trinajstić information content (AvgIpc) is 3.25. The van der Waals surface area contributed by atoms with Crippen molar-refractivity contribution in [3.05, 3.63) is 17.2 Å². The first-order chi connectivity index (χ1) is 10.1. The quantitative estimate of drug-likeness (QED) is 0.690. The van der Waals surface area contributed by atoms with E-state index in [-0.39, 0.29) is 17.0 Å². The van der Waals surface area contributed by atoms with Gasteiger partial charge in [0, 0.05) is 5.92 Å². The van der Waals surface area contributed by atoms with Crippen LogP contribution in [-0.2, 0) is 0 Å². The lowest BCUT2D eigenvalue weighted by Crippen LogP contribution is -2.28. The summed E-state index contributed by atoms with van der Waals surface area (Å²) in [5.74, 6) is 3.11. The van der Waals surface area contributed by atoms with Crippen molar-refractivity contribution >= 4 is 5.87 Å². The molecule has 1 aliphatic heterocycles. The molecule has 4 heteroatoms. The fourth-order valence-corrected chi connectivity index (χ4v) is 3.59. The van der Waals surface area contributed by atoms with Crippen molar-refractivity contribution in [2.45, 2.75) is 44.6 Å². The Kier molecular flexibility index (Phi) is 2.98. The lowest BCUT2D eigenvalue weighted by molar-refractivity contribution is 0.403. The molecule has 0 radical (unpaired) electrons. The first-order valence-corrected chi connectivity index (χ1v) is 7.35.